The Labute approximate surface area is 84.3 Å². The molecule has 1 heterocycles. The lowest BCUT2D eigenvalue weighted by Crippen LogP contribution is -2.33. The van der Waals surface area contributed by atoms with Gasteiger partial charge in [-0.05, 0) is 38.4 Å². The Morgan fingerprint density at radius 3 is 2.71 bits per heavy atom. The van der Waals surface area contributed by atoms with Crippen LogP contribution in [0.4, 0.5) is 0 Å². The summed E-state index contributed by atoms with van der Waals surface area (Å²) in [7, 11) is 0. The summed E-state index contributed by atoms with van der Waals surface area (Å²) in [5.74, 6) is 0. The van der Waals surface area contributed by atoms with Gasteiger partial charge >= 0.3 is 5.71 Å². The summed E-state index contributed by atoms with van der Waals surface area (Å²) in [6.45, 7) is 4.47. The van der Waals surface area contributed by atoms with E-state index in [0.717, 1.165) is 0 Å². The van der Waals surface area contributed by atoms with Gasteiger partial charge in [-0.25, -0.2) is 0 Å². The highest BCUT2D eigenvalue weighted by molar-refractivity contribution is 6.01. The SMILES string of the molecule is CC1=CC(=[N+]=[N-])C=CC1N1CCCC1. The van der Waals surface area contributed by atoms with E-state index in [0.29, 0.717) is 11.8 Å². The molecule has 3 heteroatoms. The number of hydrogen-bond acceptors (Lipinski definition) is 1. The van der Waals surface area contributed by atoms with Gasteiger partial charge in [0.1, 0.15) is 0 Å². The topological polar surface area (TPSA) is 39.6 Å². The van der Waals surface area contributed by atoms with Crippen LogP contribution in [0.2, 0.25) is 0 Å². The average Bonchev–Trinajstić information content (AvgIpc) is 2.70. The first-order valence-corrected chi connectivity index (χ1v) is 5.14. The predicted octanol–water partition coefficient (Wildman–Crippen LogP) is 1.64. The summed E-state index contributed by atoms with van der Waals surface area (Å²) in [5, 5.41) is 0. The quantitative estimate of drug-likeness (QED) is 0.456. The van der Waals surface area contributed by atoms with Crippen LogP contribution >= 0.6 is 0 Å². The van der Waals surface area contributed by atoms with Gasteiger partial charge in [0.15, 0.2) is 0 Å². The van der Waals surface area contributed by atoms with E-state index in [2.05, 4.69) is 22.7 Å². The van der Waals surface area contributed by atoms with Gasteiger partial charge in [0.2, 0.25) is 0 Å². The minimum Gasteiger partial charge on any atom is -0.361 e. The predicted molar refractivity (Wildman–Crippen MR) is 56.1 cm³/mol. The fourth-order valence-electron chi connectivity index (χ4n) is 2.20. The van der Waals surface area contributed by atoms with Crippen molar-refractivity contribution in [1.29, 1.82) is 0 Å². The molecule has 2 rings (SSSR count). The van der Waals surface area contributed by atoms with Crippen LogP contribution in [0.15, 0.2) is 23.8 Å². The van der Waals surface area contributed by atoms with Crippen LogP contribution in [-0.2, 0) is 0 Å². The fraction of sp³-hybridized carbons (Fsp3) is 0.545. The van der Waals surface area contributed by atoms with Crippen LogP contribution < -0.4 is 0 Å². The maximum absolute atomic E-state index is 8.64. The zero-order valence-electron chi connectivity index (χ0n) is 8.48. The molecule has 1 aliphatic heterocycles. The normalized spacial score (nSPS) is 27.6. The summed E-state index contributed by atoms with van der Waals surface area (Å²) in [6, 6.07) is 0.419. The van der Waals surface area contributed by atoms with Gasteiger partial charge in [0, 0.05) is 18.2 Å². The van der Waals surface area contributed by atoms with Crippen LogP contribution in [0.5, 0.6) is 0 Å². The highest BCUT2D eigenvalue weighted by Gasteiger charge is 2.24. The zero-order chi connectivity index (χ0) is 9.97. The lowest BCUT2D eigenvalue weighted by Gasteiger charge is -2.26. The fourth-order valence-corrected chi connectivity index (χ4v) is 2.20. The van der Waals surface area contributed by atoms with Crippen molar-refractivity contribution < 1.29 is 4.79 Å². The Hall–Kier alpha value is -1.18. The highest BCUT2D eigenvalue weighted by Crippen LogP contribution is 2.20. The van der Waals surface area contributed by atoms with Gasteiger partial charge in [-0.1, -0.05) is 6.08 Å². The van der Waals surface area contributed by atoms with E-state index in [1.807, 2.05) is 12.2 Å². The molecule has 0 bridgehead atoms. The molecule has 74 valence electrons. The van der Waals surface area contributed by atoms with Crippen molar-refractivity contribution in [2.45, 2.75) is 25.8 Å². The minimum absolute atomic E-state index is 0.419. The molecule has 0 aromatic rings. The smallest absolute Gasteiger partial charge is 0.315 e. The van der Waals surface area contributed by atoms with E-state index in [-0.39, 0.29) is 0 Å². The van der Waals surface area contributed by atoms with Gasteiger partial charge < -0.3 is 5.53 Å². The molecule has 1 atom stereocenters. The van der Waals surface area contributed by atoms with Gasteiger partial charge in [-0.2, -0.15) is 4.79 Å². The number of likely N-dealkylation sites (tertiary alicyclic amines) is 1. The van der Waals surface area contributed by atoms with Crippen LogP contribution in [0.1, 0.15) is 19.8 Å². The van der Waals surface area contributed by atoms with Crippen LogP contribution in [0, 0.1) is 0 Å². The van der Waals surface area contributed by atoms with Crippen molar-refractivity contribution in [3.63, 3.8) is 0 Å². The van der Waals surface area contributed by atoms with Crippen molar-refractivity contribution in [3.8, 4) is 0 Å². The van der Waals surface area contributed by atoms with E-state index >= 15 is 0 Å². The first-order chi connectivity index (χ1) is 6.81. The molecule has 0 spiro atoms. The molecule has 1 unspecified atom stereocenters. The first kappa shape index (κ1) is 9.38. The van der Waals surface area contributed by atoms with Crippen LogP contribution in [-0.4, -0.2) is 34.5 Å². The number of allylic oxidation sites excluding steroid dienone is 2. The van der Waals surface area contributed by atoms with E-state index < -0.39 is 0 Å². The Morgan fingerprint density at radius 2 is 2.14 bits per heavy atom. The van der Waals surface area contributed by atoms with Crippen molar-refractivity contribution in [1.82, 2.24) is 4.90 Å². The van der Waals surface area contributed by atoms with Gasteiger partial charge in [-0.3, -0.25) is 4.90 Å². The van der Waals surface area contributed by atoms with Crippen molar-refractivity contribution >= 4 is 5.71 Å². The second kappa shape index (κ2) is 3.91. The molecule has 0 radical (unpaired) electrons. The molecule has 0 N–H and O–H groups in total. The molecule has 1 saturated heterocycles. The number of hydrogen-bond donors (Lipinski definition) is 0. The largest absolute Gasteiger partial charge is 0.361 e. The summed E-state index contributed by atoms with van der Waals surface area (Å²) in [5.41, 5.74) is 10.6. The van der Waals surface area contributed by atoms with E-state index in [9.17, 15) is 0 Å². The summed E-state index contributed by atoms with van der Waals surface area (Å²) in [6.07, 6.45) is 8.56. The second-order valence-electron chi connectivity index (χ2n) is 3.96. The summed E-state index contributed by atoms with van der Waals surface area (Å²) in [4.78, 5) is 5.66. The molecule has 1 aliphatic carbocycles. The van der Waals surface area contributed by atoms with Crippen LogP contribution in [0.25, 0.3) is 5.53 Å². The van der Waals surface area contributed by atoms with Crippen LogP contribution in [0.3, 0.4) is 0 Å². The molecule has 14 heavy (non-hydrogen) atoms. The lowest BCUT2D eigenvalue weighted by molar-refractivity contribution is -0.00181. The van der Waals surface area contributed by atoms with Gasteiger partial charge in [0.25, 0.3) is 0 Å². The molecule has 0 amide bonds. The van der Waals surface area contributed by atoms with Crippen molar-refractivity contribution in [2.75, 3.05) is 13.1 Å². The minimum atomic E-state index is 0.419. The number of rotatable bonds is 1. The molecular formula is C11H15N3. The van der Waals surface area contributed by atoms with Crippen molar-refractivity contribution in [2.24, 2.45) is 0 Å². The first-order valence-electron chi connectivity index (χ1n) is 5.14. The van der Waals surface area contributed by atoms with Gasteiger partial charge in [-0.15, -0.1) is 0 Å². The second-order valence-corrected chi connectivity index (χ2v) is 3.96. The number of nitrogens with zero attached hydrogens (tertiary/aromatic N) is 3. The molecular weight excluding hydrogens is 174 g/mol. The third kappa shape index (κ3) is 1.69. The molecule has 0 aromatic carbocycles. The molecule has 0 saturated carbocycles. The Bertz CT molecular complexity index is 328. The molecule has 3 nitrogen and oxygen atoms in total. The Morgan fingerprint density at radius 1 is 1.43 bits per heavy atom. The molecule has 2 aliphatic rings. The standard InChI is InChI=1S/C11H15N3/c1-9-8-10(13-12)4-5-11(9)14-6-2-3-7-14/h4-5,8,11H,2-3,6-7H2,1H3. The van der Waals surface area contributed by atoms with E-state index in [1.54, 1.807) is 0 Å². The van der Waals surface area contributed by atoms with Gasteiger partial charge in [0.05, 0.1) is 0 Å². The maximum Gasteiger partial charge on any atom is 0.315 e. The maximum atomic E-state index is 8.64. The monoisotopic (exact) mass is 189 g/mol. The van der Waals surface area contributed by atoms with E-state index in [4.69, 9.17) is 5.53 Å². The van der Waals surface area contributed by atoms with E-state index in [1.165, 1.54) is 31.5 Å². The lowest BCUT2D eigenvalue weighted by atomic mass is 10.00. The Kier molecular flexibility index (Phi) is 2.62. The van der Waals surface area contributed by atoms with Crippen molar-refractivity contribution in [3.05, 3.63) is 29.3 Å². The Balaban J connectivity index is 2.15. The summed E-state index contributed by atoms with van der Waals surface area (Å²) >= 11 is 0. The molecule has 1 fully saturated rings. The molecule has 0 aromatic heterocycles. The third-order valence-corrected chi connectivity index (χ3v) is 2.94. The highest BCUT2D eigenvalue weighted by atomic mass is 15.2. The third-order valence-electron chi connectivity index (χ3n) is 2.94. The zero-order valence-corrected chi connectivity index (χ0v) is 8.48. The average molecular weight is 189 g/mol. The summed E-state index contributed by atoms with van der Waals surface area (Å²) < 4.78 is 0.